The lowest BCUT2D eigenvalue weighted by Crippen LogP contribution is -1.84. The van der Waals surface area contributed by atoms with Gasteiger partial charge in [-0.3, -0.25) is 9.79 Å². The zero-order valence-electron chi connectivity index (χ0n) is 7.90. The zero-order chi connectivity index (χ0) is 9.68. The van der Waals surface area contributed by atoms with Gasteiger partial charge in [0.1, 0.15) is 0 Å². The Balaban J connectivity index is 2.81. The van der Waals surface area contributed by atoms with Crippen molar-refractivity contribution in [3.63, 3.8) is 0 Å². The number of hydrogen-bond donors (Lipinski definition) is 0. The Hall–Kier alpha value is -1.44. The summed E-state index contributed by atoms with van der Waals surface area (Å²) in [4.78, 5) is 13.9. The summed E-state index contributed by atoms with van der Waals surface area (Å²) in [6.07, 6.45) is 1.93. The van der Waals surface area contributed by atoms with Gasteiger partial charge in [-0.05, 0) is 23.6 Å². The van der Waals surface area contributed by atoms with E-state index < -0.39 is 0 Å². The van der Waals surface area contributed by atoms with E-state index in [1.807, 2.05) is 24.3 Å². The molecule has 0 bridgehead atoms. The second-order valence-electron chi connectivity index (χ2n) is 3.16. The molecule has 0 aromatic heterocycles. The van der Waals surface area contributed by atoms with E-state index in [2.05, 4.69) is 18.8 Å². The SMILES string of the molecule is CC(C)c1ccc(N=CC=O)cc1. The molecule has 0 aliphatic carbocycles. The Labute approximate surface area is 78.3 Å². The molecule has 2 nitrogen and oxygen atoms in total. The molecule has 0 saturated heterocycles. The first-order chi connectivity index (χ1) is 6.24. The zero-order valence-corrected chi connectivity index (χ0v) is 7.90. The van der Waals surface area contributed by atoms with Crippen LogP contribution < -0.4 is 0 Å². The fourth-order valence-electron chi connectivity index (χ4n) is 1.06. The third-order valence-electron chi connectivity index (χ3n) is 1.84. The fourth-order valence-corrected chi connectivity index (χ4v) is 1.06. The molecule has 1 rings (SSSR count). The van der Waals surface area contributed by atoms with Crippen molar-refractivity contribution >= 4 is 18.2 Å². The number of benzene rings is 1. The van der Waals surface area contributed by atoms with Crippen LogP contribution in [-0.2, 0) is 4.79 Å². The summed E-state index contributed by atoms with van der Waals surface area (Å²) >= 11 is 0. The minimum atomic E-state index is 0.532. The summed E-state index contributed by atoms with van der Waals surface area (Å²) < 4.78 is 0. The van der Waals surface area contributed by atoms with Gasteiger partial charge in [0.25, 0.3) is 0 Å². The standard InChI is InChI=1S/C11H13NO/c1-9(2)10-3-5-11(6-4-10)12-7-8-13/h3-9H,1-2H3. The summed E-state index contributed by atoms with van der Waals surface area (Å²) in [6.45, 7) is 4.29. The van der Waals surface area contributed by atoms with Gasteiger partial charge >= 0.3 is 0 Å². The second kappa shape index (κ2) is 4.55. The molecule has 0 aliphatic rings. The number of aliphatic imine (C=N–C) groups is 1. The van der Waals surface area contributed by atoms with Crippen molar-refractivity contribution in [1.29, 1.82) is 0 Å². The number of hydrogen-bond acceptors (Lipinski definition) is 2. The van der Waals surface area contributed by atoms with Crippen molar-refractivity contribution in [2.75, 3.05) is 0 Å². The van der Waals surface area contributed by atoms with E-state index in [0.717, 1.165) is 5.69 Å². The number of carbonyl (C=O) groups is 1. The number of aldehydes is 1. The van der Waals surface area contributed by atoms with Crippen LogP contribution in [0.1, 0.15) is 25.3 Å². The molecule has 0 fully saturated rings. The minimum Gasteiger partial charge on any atom is -0.297 e. The summed E-state index contributed by atoms with van der Waals surface area (Å²) in [5.41, 5.74) is 2.10. The maximum absolute atomic E-state index is 10.0. The van der Waals surface area contributed by atoms with Crippen molar-refractivity contribution in [2.24, 2.45) is 4.99 Å². The molecule has 2 heteroatoms. The molecule has 0 spiro atoms. The summed E-state index contributed by atoms with van der Waals surface area (Å²) in [6, 6.07) is 7.88. The Bertz CT molecular complexity index is 298. The van der Waals surface area contributed by atoms with Crippen LogP contribution in [0.4, 0.5) is 5.69 Å². The molecule has 0 atom stereocenters. The van der Waals surface area contributed by atoms with Crippen molar-refractivity contribution in [2.45, 2.75) is 19.8 Å². The van der Waals surface area contributed by atoms with Crippen LogP contribution in [0.15, 0.2) is 29.3 Å². The van der Waals surface area contributed by atoms with Gasteiger partial charge in [0, 0.05) is 0 Å². The lowest BCUT2D eigenvalue weighted by Gasteiger charge is -2.03. The van der Waals surface area contributed by atoms with Crippen LogP contribution in [0.25, 0.3) is 0 Å². The van der Waals surface area contributed by atoms with Crippen molar-refractivity contribution in [3.05, 3.63) is 29.8 Å². The van der Waals surface area contributed by atoms with E-state index in [-0.39, 0.29) is 0 Å². The third-order valence-corrected chi connectivity index (χ3v) is 1.84. The van der Waals surface area contributed by atoms with Gasteiger partial charge in [0.2, 0.25) is 0 Å². The topological polar surface area (TPSA) is 29.4 Å². The monoisotopic (exact) mass is 175 g/mol. The van der Waals surface area contributed by atoms with Gasteiger partial charge in [-0.15, -0.1) is 0 Å². The molecule has 0 heterocycles. The summed E-state index contributed by atoms with van der Waals surface area (Å²) in [7, 11) is 0. The van der Waals surface area contributed by atoms with Gasteiger partial charge in [-0.1, -0.05) is 26.0 Å². The summed E-state index contributed by atoms with van der Waals surface area (Å²) in [5.74, 6) is 0.532. The molecule has 0 amide bonds. The second-order valence-corrected chi connectivity index (χ2v) is 3.16. The highest BCUT2D eigenvalue weighted by atomic mass is 16.1. The molecule has 13 heavy (non-hydrogen) atoms. The van der Waals surface area contributed by atoms with Gasteiger partial charge in [-0.25, -0.2) is 0 Å². The molecule has 1 aromatic rings. The fraction of sp³-hybridized carbons (Fsp3) is 0.273. The number of rotatable bonds is 3. The molecule has 0 N–H and O–H groups in total. The van der Waals surface area contributed by atoms with Gasteiger partial charge in [0.05, 0.1) is 11.9 Å². The smallest absolute Gasteiger partial charge is 0.161 e. The predicted molar refractivity (Wildman–Crippen MR) is 54.7 cm³/mol. The largest absolute Gasteiger partial charge is 0.297 e. The average molecular weight is 175 g/mol. The van der Waals surface area contributed by atoms with Crippen LogP contribution in [-0.4, -0.2) is 12.5 Å². The average Bonchev–Trinajstić information content (AvgIpc) is 2.15. The van der Waals surface area contributed by atoms with Crippen LogP contribution in [0.2, 0.25) is 0 Å². The highest BCUT2D eigenvalue weighted by Crippen LogP contribution is 2.18. The van der Waals surface area contributed by atoms with Crippen molar-refractivity contribution in [1.82, 2.24) is 0 Å². The highest BCUT2D eigenvalue weighted by molar-refractivity contribution is 6.13. The van der Waals surface area contributed by atoms with E-state index in [1.165, 1.54) is 11.8 Å². The lowest BCUT2D eigenvalue weighted by atomic mass is 10.0. The first-order valence-electron chi connectivity index (χ1n) is 4.32. The minimum absolute atomic E-state index is 0.532. The van der Waals surface area contributed by atoms with Crippen LogP contribution in [0.3, 0.4) is 0 Å². The van der Waals surface area contributed by atoms with Crippen LogP contribution in [0, 0.1) is 0 Å². The van der Waals surface area contributed by atoms with Crippen LogP contribution in [0.5, 0.6) is 0 Å². The molecular weight excluding hydrogens is 162 g/mol. The first-order valence-corrected chi connectivity index (χ1v) is 4.32. The highest BCUT2D eigenvalue weighted by Gasteiger charge is 1.96. The maximum Gasteiger partial charge on any atom is 0.161 e. The van der Waals surface area contributed by atoms with Gasteiger partial charge in [0.15, 0.2) is 6.29 Å². The number of carbonyl (C=O) groups excluding carboxylic acids is 1. The van der Waals surface area contributed by atoms with E-state index in [4.69, 9.17) is 0 Å². The Morgan fingerprint density at radius 1 is 1.23 bits per heavy atom. The van der Waals surface area contributed by atoms with E-state index >= 15 is 0 Å². The lowest BCUT2D eigenvalue weighted by molar-refractivity contribution is -0.102. The third kappa shape index (κ3) is 2.82. The Morgan fingerprint density at radius 2 is 1.85 bits per heavy atom. The Morgan fingerprint density at radius 3 is 2.31 bits per heavy atom. The molecular formula is C11H13NO. The van der Waals surface area contributed by atoms with Gasteiger partial charge in [-0.2, -0.15) is 0 Å². The molecule has 0 aliphatic heterocycles. The Kier molecular flexibility index (Phi) is 3.38. The predicted octanol–water partition coefficient (Wildman–Crippen LogP) is 2.71. The maximum atomic E-state index is 10.0. The van der Waals surface area contributed by atoms with Crippen LogP contribution >= 0.6 is 0 Å². The number of nitrogens with zero attached hydrogens (tertiary/aromatic N) is 1. The quantitative estimate of drug-likeness (QED) is 0.513. The van der Waals surface area contributed by atoms with E-state index in [1.54, 1.807) is 0 Å². The van der Waals surface area contributed by atoms with Gasteiger partial charge < -0.3 is 0 Å². The summed E-state index contributed by atoms with van der Waals surface area (Å²) in [5, 5.41) is 0. The first kappa shape index (κ1) is 9.65. The van der Waals surface area contributed by atoms with Crippen molar-refractivity contribution < 1.29 is 4.79 Å². The van der Waals surface area contributed by atoms with E-state index in [0.29, 0.717) is 12.2 Å². The normalized spacial score (nSPS) is 11.0. The molecule has 1 aromatic carbocycles. The molecule has 68 valence electrons. The molecule has 0 saturated carbocycles. The molecule has 0 radical (unpaired) electrons. The molecule has 0 unspecified atom stereocenters. The van der Waals surface area contributed by atoms with E-state index in [9.17, 15) is 4.79 Å². The van der Waals surface area contributed by atoms with Crippen molar-refractivity contribution in [3.8, 4) is 0 Å².